The molecule has 5 nitrogen and oxygen atoms in total. The van der Waals surface area contributed by atoms with Crippen LogP contribution in [0.15, 0.2) is 0 Å². The summed E-state index contributed by atoms with van der Waals surface area (Å²) < 4.78 is 10.4. The summed E-state index contributed by atoms with van der Waals surface area (Å²) in [6.45, 7) is 14.2. The number of nitrogens with one attached hydrogen (secondary N) is 1. The van der Waals surface area contributed by atoms with Crippen LogP contribution in [0, 0.1) is 10.8 Å². The fourth-order valence-electron chi connectivity index (χ4n) is 1.47. The van der Waals surface area contributed by atoms with E-state index in [0.717, 1.165) is 12.8 Å². The molecule has 0 aromatic rings. The van der Waals surface area contributed by atoms with Gasteiger partial charge in [0.1, 0.15) is 6.04 Å². The zero-order valence-corrected chi connectivity index (χ0v) is 14.5. The maximum absolute atomic E-state index is 12.1. The Kier molecular flexibility index (Phi) is 7.75. The number of alkyl carbamates (subject to hydrolysis) is 1. The van der Waals surface area contributed by atoms with E-state index >= 15 is 0 Å². The van der Waals surface area contributed by atoms with Gasteiger partial charge in [-0.25, -0.2) is 9.59 Å². The number of hydrogen-bond donors (Lipinski definition) is 1. The van der Waals surface area contributed by atoms with E-state index in [0.29, 0.717) is 13.2 Å². The molecule has 0 aliphatic heterocycles. The molecule has 1 atom stereocenters. The van der Waals surface area contributed by atoms with Gasteiger partial charge in [0.2, 0.25) is 0 Å². The first-order valence-corrected chi connectivity index (χ1v) is 7.57. The molecule has 0 spiro atoms. The first-order valence-electron chi connectivity index (χ1n) is 7.57. The van der Waals surface area contributed by atoms with Crippen molar-refractivity contribution in [1.29, 1.82) is 0 Å². The maximum atomic E-state index is 12.1. The summed E-state index contributed by atoms with van der Waals surface area (Å²) in [5.74, 6) is -0.413. The van der Waals surface area contributed by atoms with Gasteiger partial charge in [-0.3, -0.25) is 0 Å². The van der Waals surface area contributed by atoms with Gasteiger partial charge in [0, 0.05) is 0 Å². The third-order valence-corrected chi connectivity index (χ3v) is 2.74. The average Bonchev–Trinajstić information content (AvgIpc) is 2.31. The molecule has 0 aliphatic carbocycles. The van der Waals surface area contributed by atoms with Crippen LogP contribution < -0.4 is 5.32 Å². The highest BCUT2D eigenvalue weighted by molar-refractivity contribution is 5.82. The number of ether oxygens (including phenoxy) is 2. The number of esters is 1. The van der Waals surface area contributed by atoms with Crippen LogP contribution >= 0.6 is 0 Å². The van der Waals surface area contributed by atoms with Gasteiger partial charge in [-0.2, -0.15) is 0 Å². The summed E-state index contributed by atoms with van der Waals surface area (Å²) in [6, 6.07) is -0.721. The van der Waals surface area contributed by atoms with E-state index in [1.165, 1.54) is 0 Å². The van der Waals surface area contributed by atoms with Gasteiger partial charge in [0.05, 0.1) is 13.2 Å². The van der Waals surface area contributed by atoms with Crippen molar-refractivity contribution in [2.45, 2.75) is 67.3 Å². The second kappa shape index (κ2) is 8.25. The van der Waals surface area contributed by atoms with Crippen molar-refractivity contribution in [3.8, 4) is 0 Å². The van der Waals surface area contributed by atoms with Crippen molar-refractivity contribution < 1.29 is 19.1 Å². The van der Waals surface area contributed by atoms with Crippen LogP contribution in [0.4, 0.5) is 4.79 Å². The van der Waals surface area contributed by atoms with Crippen LogP contribution in [0.1, 0.15) is 61.3 Å². The third kappa shape index (κ3) is 9.32. The van der Waals surface area contributed by atoms with Crippen molar-refractivity contribution in [2.24, 2.45) is 10.8 Å². The SMILES string of the molecule is CCCCOC(=O)C(NC(=O)OCC(C)(C)C)C(C)(C)C. The zero-order valence-electron chi connectivity index (χ0n) is 14.5. The highest BCUT2D eigenvalue weighted by Crippen LogP contribution is 2.21. The lowest BCUT2D eigenvalue weighted by Crippen LogP contribution is -2.50. The summed E-state index contributed by atoms with van der Waals surface area (Å²) in [5.41, 5.74) is -0.555. The first-order chi connectivity index (χ1) is 9.47. The van der Waals surface area contributed by atoms with Crippen LogP contribution in [0.2, 0.25) is 0 Å². The smallest absolute Gasteiger partial charge is 0.407 e. The van der Waals surface area contributed by atoms with Crippen molar-refractivity contribution in [3.63, 3.8) is 0 Å². The molecule has 21 heavy (non-hydrogen) atoms. The molecular formula is C16H31NO4. The quantitative estimate of drug-likeness (QED) is 0.602. The number of carbonyl (C=O) groups is 2. The minimum absolute atomic E-state index is 0.115. The molecule has 0 saturated heterocycles. The monoisotopic (exact) mass is 301 g/mol. The van der Waals surface area contributed by atoms with Crippen LogP contribution in [-0.2, 0) is 14.3 Å². The minimum atomic E-state index is -0.721. The van der Waals surface area contributed by atoms with Gasteiger partial charge in [0.15, 0.2) is 0 Å². The standard InChI is InChI=1S/C16H31NO4/c1-8-9-10-20-13(18)12(16(5,6)7)17-14(19)21-11-15(2,3)4/h12H,8-11H2,1-7H3,(H,17,19). The average molecular weight is 301 g/mol. The summed E-state index contributed by atoms with van der Waals surface area (Å²) in [6.07, 6.45) is 1.18. The van der Waals surface area contributed by atoms with Crippen LogP contribution in [0.25, 0.3) is 0 Å². The second-order valence-electron chi connectivity index (χ2n) is 7.60. The molecule has 1 unspecified atom stereocenters. The minimum Gasteiger partial charge on any atom is -0.464 e. The van der Waals surface area contributed by atoms with E-state index < -0.39 is 23.5 Å². The number of carbonyl (C=O) groups excluding carboxylic acids is 2. The molecule has 0 saturated carbocycles. The van der Waals surface area contributed by atoms with E-state index in [2.05, 4.69) is 5.32 Å². The molecule has 124 valence electrons. The molecule has 0 aromatic carbocycles. The second-order valence-corrected chi connectivity index (χ2v) is 7.60. The predicted octanol–water partition coefficient (Wildman–Crippen LogP) is 3.52. The van der Waals surface area contributed by atoms with Gasteiger partial charge in [-0.1, -0.05) is 54.9 Å². The maximum Gasteiger partial charge on any atom is 0.407 e. The van der Waals surface area contributed by atoms with Crippen molar-refractivity contribution >= 4 is 12.1 Å². The molecule has 5 heteroatoms. The molecule has 1 amide bonds. The van der Waals surface area contributed by atoms with Crippen LogP contribution in [0.5, 0.6) is 0 Å². The predicted molar refractivity (Wildman–Crippen MR) is 83.0 cm³/mol. The van der Waals surface area contributed by atoms with Gasteiger partial charge in [-0.15, -0.1) is 0 Å². The Balaban J connectivity index is 4.57. The Bertz CT molecular complexity index is 339. The Labute approximate surface area is 128 Å². The molecule has 0 aliphatic rings. The van der Waals surface area contributed by atoms with Crippen molar-refractivity contribution in [1.82, 2.24) is 5.32 Å². The highest BCUT2D eigenvalue weighted by atomic mass is 16.6. The van der Waals surface area contributed by atoms with E-state index in [-0.39, 0.29) is 5.41 Å². The first kappa shape index (κ1) is 19.7. The Morgan fingerprint density at radius 2 is 1.62 bits per heavy atom. The molecule has 0 aromatic heterocycles. The van der Waals surface area contributed by atoms with Crippen molar-refractivity contribution in [2.75, 3.05) is 13.2 Å². The molecule has 0 heterocycles. The van der Waals surface area contributed by atoms with E-state index in [1.807, 2.05) is 48.5 Å². The number of amides is 1. The number of hydrogen-bond acceptors (Lipinski definition) is 4. The summed E-state index contributed by atoms with van der Waals surface area (Å²) in [4.78, 5) is 23.9. The lowest BCUT2D eigenvalue weighted by Gasteiger charge is -2.29. The third-order valence-electron chi connectivity index (χ3n) is 2.74. The van der Waals surface area contributed by atoms with Gasteiger partial charge < -0.3 is 14.8 Å². The highest BCUT2D eigenvalue weighted by Gasteiger charge is 2.34. The molecule has 0 radical (unpaired) electrons. The van der Waals surface area contributed by atoms with Crippen LogP contribution in [0.3, 0.4) is 0 Å². The Hall–Kier alpha value is -1.26. The molecule has 0 rings (SSSR count). The van der Waals surface area contributed by atoms with E-state index in [9.17, 15) is 9.59 Å². The number of unbranched alkanes of at least 4 members (excludes halogenated alkanes) is 1. The van der Waals surface area contributed by atoms with E-state index in [1.54, 1.807) is 0 Å². The fourth-order valence-corrected chi connectivity index (χ4v) is 1.47. The lowest BCUT2D eigenvalue weighted by molar-refractivity contribution is -0.149. The Morgan fingerprint density at radius 1 is 1.05 bits per heavy atom. The normalized spacial score (nSPS) is 13.5. The van der Waals surface area contributed by atoms with E-state index in [4.69, 9.17) is 9.47 Å². The van der Waals surface area contributed by atoms with Gasteiger partial charge in [0.25, 0.3) is 0 Å². The summed E-state index contributed by atoms with van der Waals surface area (Å²) in [5, 5.41) is 2.62. The zero-order chi connectivity index (χ0) is 16.7. The van der Waals surface area contributed by atoms with Crippen molar-refractivity contribution in [3.05, 3.63) is 0 Å². The van der Waals surface area contributed by atoms with Gasteiger partial charge in [-0.05, 0) is 17.3 Å². The molecule has 1 N–H and O–H groups in total. The molecular weight excluding hydrogens is 270 g/mol. The fraction of sp³-hybridized carbons (Fsp3) is 0.875. The number of rotatable bonds is 6. The summed E-state index contributed by atoms with van der Waals surface area (Å²) in [7, 11) is 0. The molecule has 0 bridgehead atoms. The lowest BCUT2D eigenvalue weighted by atomic mass is 9.87. The summed E-state index contributed by atoms with van der Waals surface area (Å²) >= 11 is 0. The van der Waals surface area contributed by atoms with Crippen LogP contribution in [-0.4, -0.2) is 31.3 Å². The topological polar surface area (TPSA) is 64.6 Å². The molecule has 0 fully saturated rings. The largest absolute Gasteiger partial charge is 0.464 e. The van der Waals surface area contributed by atoms with Gasteiger partial charge >= 0.3 is 12.1 Å². The Morgan fingerprint density at radius 3 is 2.05 bits per heavy atom.